The van der Waals surface area contributed by atoms with E-state index in [0.29, 0.717) is 17.3 Å². The zero-order valence-corrected chi connectivity index (χ0v) is 24.2. The molecule has 7 nitrogen and oxygen atoms in total. The monoisotopic (exact) mass is 569 g/mol. The van der Waals surface area contributed by atoms with E-state index in [2.05, 4.69) is 5.32 Å². The lowest BCUT2D eigenvalue weighted by Gasteiger charge is -2.33. The Bertz CT molecular complexity index is 1370. The van der Waals surface area contributed by atoms with Gasteiger partial charge in [0.05, 0.1) is 11.9 Å². The number of nitrogens with zero attached hydrogens (tertiary/aromatic N) is 2. The van der Waals surface area contributed by atoms with Crippen molar-refractivity contribution in [2.24, 2.45) is 0 Å². The second kappa shape index (κ2) is 14.1. The van der Waals surface area contributed by atoms with E-state index in [9.17, 15) is 18.0 Å². The summed E-state index contributed by atoms with van der Waals surface area (Å²) in [6.45, 7) is 3.95. The number of aryl methyl sites for hydroxylation is 1. The van der Waals surface area contributed by atoms with E-state index in [-0.39, 0.29) is 18.9 Å². The van der Waals surface area contributed by atoms with Crippen molar-refractivity contribution in [1.29, 1.82) is 0 Å². The van der Waals surface area contributed by atoms with E-state index < -0.39 is 28.5 Å². The normalized spacial score (nSPS) is 12.0. The van der Waals surface area contributed by atoms with Crippen molar-refractivity contribution in [2.45, 2.75) is 45.7 Å². The standard InChI is InChI=1S/C30H36ClN3O4S/c1-4-5-18-32-30(36)28(20-24-13-7-6-8-14-24)33(21-25-15-11-16-26(31)19-25)29(35)22-34(39(3,37)38)27-17-10-9-12-23(27)2/h6-17,19,28H,4-5,18,20-22H2,1-3H3,(H,32,36)/t28-/m0/s1. The highest BCUT2D eigenvalue weighted by Crippen LogP contribution is 2.24. The number of sulfonamides is 1. The first-order chi connectivity index (χ1) is 18.6. The Balaban J connectivity index is 2.04. The van der Waals surface area contributed by atoms with Gasteiger partial charge in [-0.1, -0.05) is 85.6 Å². The number of nitrogens with one attached hydrogen (secondary N) is 1. The first-order valence-electron chi connectivity index (χ1n) is 13.0. The molecule has 0 fully saturated rings. The fourth-order valence-electron chi connectivity index (χ4n) is 4.33. The minimum atomic E-state index is -3.81. The van der Waals surface area contributed by atoms with Crippen LogP contribution in [0, 0.1) is 6.92 Å². The lowest BCUT2D eigenvalue weighted by Crippen LogP contribution is -2.53. The number of para-hydroxylation sites is 1. The molecule has 1 N–H and O–H groups in total. The molecule has 0 spiro atoms. The molecule has 9 heteroatoms. The number of halogens is 1. The zero-order chi connectivity index (χ0) is 28.4. The van der Waals surface area contributed by atoms with Crippen LogP contribution in [-0.2, 0) is 32.6 Å². The second-order valence-corrected chi connectivity index (χ2v) is 11.9. The highest BCUT2D eigenvalue weighted by Gasteiger charge is 2.33. The van der Waals surface area contributed by atoms with Crippen LogP contribution in [0.15, 0.2) is 78.9 Å². The van der Waals surface area contributed by atoms with Crippen molar-refractivity contribution in [3.05, 3.63) is 101 Å². The Hall–Kier alpha value is -3.36. The molecule has 0 saturated carbocycles. The number of amides is 2. The molecule has 0 aliphatic rings. The molecule has 1 atom stereocenters. The average molecular weight is 570 g/mol. The Kier molecular flexibility index (Phi) is 10.9. The van der Waals surface area contributed by atoms with Crippen molar-refractivity contribution in [3.8, 4) is 0 Å². The van der Waals surface area contributed by atoms with E-state index >= 15 is 0 Å². The summed E-state index contributed by atoms with van der Waals surface area (Å²) in [5.74, 6) is -0.778. The summed E-state index contributed by atoms with van der Waals surface area (Å²) >= 11 is 6.24. The molecule has 3 aromatic carbocycles. The third-order valence-corrected chi connectivity index (χ3v) is 7.77. The summed E-state index contributed by atoms with van der Waals surface area (Å²) in [4.78, 5) is 29.1. The summed E-state index contributed by atoms with van der Waals surface area (Å²) in [5.41, 5.74) is 2.76. The van der Waals surface area contributed by atoms with Gasteiger partial charge in [-0.3, -0.25) is 13.9 Å². The van der Waals surface area contributed by atoms with Gasteiger partial charge in [-0.15, -0.1) is 0 Å². The van der Waals surface area contributed by atoms with Crippen LogP contribution in [0.4, 0.5) is 5.69 Å². The molecule has 0 aliphatic heterocycles. The number of unbranched alkanes of at least 4 members (excludes halogenated alkanes) is 1. The van der Waals surface area contributed by atoms with Gasteiger partial charge >= 0.3 is 0 Å². The van der Waals surface area contributed by atoms with Crippen molar-refractivity contribution < 1.29 is 18.0 Å². The summed E-state index contributed by atoms with van der Waals surface area (Å²) in [5, 5.41) is 3.47. The Morgan fingerprint density at radius 2 is 1.62 bits per heavy atom. The SMILES string of the molecule is CCCCNC(=O)[C@H](Cc1ccccc1)N(Cc1cccc(Cl)c1)C(=O)CN(c1ccccc1C)S(C)(=O)=O. The maximum Gasteiger partial charge on any atom is 0.244 e. The third-order valence-electron chi connectivity index (χ3n) is 6.41. The van der Waals surface area contributed by atoms with Crippen molar-refractivity contribution in [3.63, 3.8) is 0 Å². The number of benzene rings is 3. The van der Waals surface area contributed by atoms with Crippen molar-refractivity contribution >= 4 is 39.1 Å². The quantitative estimate of drug-likeness (QED) is 0.294. The molecule has 39 heavy (non-hydrogen) atoms. The van der Waals surface area contributed by atoms with Gasteiger partial charge in [0.2, 0.25) is 21.8 Å². The van der Waals surface area contributed by atoms with Gasteiger partial charge in [-0.25, -0.2) is 8.42 Å². The number of anilines is 1. The van der Waals surface area contributed by atoms with Crippen LogP contribution in [0.3, 0.4) is 0 Å². The summed E-state index contributed by atoms with van der Waals surface area (Å²) in [7, 11) is -3.81. The Labute approximate surface area is 236 Å². The highest BCUT2D eigenvalue weighted by atomic mass is 35.5. The molecule has 0 heterocycles. The topological polar surface area (TPSA) is 86.8 Å². The molecule has 0 aliphatic carbocycles. The predicted molar refractivity (Wildman–Crippen MR) is 157 cm³/mol. The van der Waals surface area contributed by atoms with E-state index in [1.165, 1.54) is 4.90 Å². The first-order valence-corrected chi connectivity index (χ1v) is 15.2. The molecule has 3 aromatic rings. The molecular weight excluding hydrogens is 534 g/mol. The second-order valence-electron chi connectivity index (χ2n) is 9.56. The maximum absolute atomic E-state index is 14.0. The molecular formula is C30H36ClN3O4S. The fourth-order valence-corrected chi connectivity index (χ4v) is 5.45. The molecule has 2 amide bonds. The Morgan fingerprint density at radius 3 is 2.26 bits per heavy atom. The highest BCUT2D eigenvalue weighted by molar-refractivity contribution is 7.92. The van der Waals surface area contributed by atoms with Gasteiger partial charge in [0.1, 0.15) is 12.6 Å². The summed E-state index contributed by atoms with van der Waals surface area (Å²) in [6.07, 6.45) is 3.07. The Morgan fingerprint density at radius 1 is 0.949 bits per heavy atom. The van der Waals surface area contributed by atoms with Gasteiger partial charge in [0.15, 0.2) is 0 Å². The zero-order valence-electron chi connectivity index (χ0n) is 22.6. The summed E-state index contributed by atoms with van der Waals surface area (Å²) in [6, 6.07) is 22.7. The van der Waals surface area contributed by atoms with Crippen molar-refractivity contribution in [1.82, 2.24) is 10.2 Å². The molecule has 0 bridgehead atoms. The number of carbonyl (C=O) groups excluding carboxylic acids is 2. The van der Waals surface area contributed by atoms with E-state index in [1.807, 2.05) is 49.4 Å². The van der Waals surface area contributed by atoms with Crippen LogP contribution >= 0.6 is 11.6 Å². The molecule has 0 saturated heterocycles. The maximum atomic E-state index is 14.0. The number of carbonyl (C=O) groups is 2. The number of hydrogen-bond acceptors (Lipinski definition) is 4. The van der Waals surface area contributed by atoms with E-state index in [0.717, 1.165) is 40.1 Å². The minimum absolute atomic E-state index is 0.0868. The van der Waals surface area contributed by atoms with Gasteiger partial charge < -0.3 is 10.2 Å². The van der Waals surface area contributed by atoms with Crippen LogP contribution in [-0.4, -0.2) is 50.5 Å². The first kappa shape index (κ1) is 30.2. The van der Waals surface area contributed by atoms with E-state index in [4.69, 9.17) is 11.6 Å². The van der Waals surface area contributed by atoms with E-state index in [1.54, 1.807) is 43.3 Å². The van der Waals surface area contributed by atoms with Crippen LogP contribution in [0.2, 0.25) is 5.02 Å². The smallest absolute Gasteiger partial charge is 0.244 e. The molecule has 0 unspecified atom stereocenters. The molecule has 208 valence electrons. The fraction of sp³-hybridized carbons (Fsp3) is 0.333. The van der Waals surface area contributed by atoms with Gasteiger partial charge in [-0.2, -0.15) is 0 Å². The van der Waals surface area contributed by atoms with Crippen LogP contribution < -0.4 is 9.62 Å². The predicted octanol–water partition coefficient (Wildman–Crippen LogP) is 4.97. The van der Waals surface area contributed by atoms with Crippen LogP contribution in [0.1, 0.15) is 36.5 Å². The van der Waals surface area contributed by atoms with Crippen LogP contribution in [0.25, 0.3) is 0 Å². The van der Waals surface area contributed by atoms with Gasteiger partial charge in [0.25, 0.3) is 0 Å². The minimum Gasteiger partial charge on any atom is -0.354 e. The largest absolute Gasteiger partial charge is 0.354 e. The average Bonchev–Trinajstić information content (AvgIpc) is 2.90. The lowest BCUT2D eigenvalue weighted by molar-refractivity contribution is -0.140. The van der Waals surface area contributed by atoms with Crippen LogP contribution in [0.5, 0.6) is 0 Å². The number of hydrogen-bond donors (Lipinski definition) is 1. The lowest BCUT2D eigenvalue weighted by atomic mass is 10.0. The van der Waals surface area contributed by atoms with Gasteiger partial charge in [0, 0.05) is 24.5 Å². The molecule has 3 rings (SSSR count). The number of rotatable bonds is 13. The molecule has 0 radical (unpaired) electrons. The third kappa shape index (κ3) is 8.83. The van der Waals surface area contributed by atoms with Crippen molar-refractivity contribution in [2.75, 3.05) is 23.7 Å². The van der Waals surface area contributed by atoms with Gasteiger partial charge in [-0.05, 0) is 48.2 Å². The molecule has 0 aromatic heterocycles. The summed E-state index contributed by atoms with van der Waals surface area (Å²) < 4.78 is 26.8.